The maximum absolute atomic E-state index is 9.38. The Morgan fingerprint density at radius 1 is 0.950 bits per heavy atom. The highest BCUT2D eigenvalue weighted by Gasteiger charge is 2.28. The zero-order valence-electron chi connectivity index (χ0n) is 33.0. The molecule has 40 heavy (non-hydrogen) atoms. The number of hydrogen-bond donors (Lipinski definition) is 0. The molecule has 206 valence electrons. The van der Waals surface area contributed by atoms with E-state index in [1.807, 2.05) is 30.3 Å². The molecule has 3 aromatic carbocycles. The summed E-state index contributed by atoms with van der Waals surface area (Å²) in [5.74, 6) is -0.740. The summed E-state index contributed by atoms with van der Waals surface area (Å²) in [5.41, 5.74) is 3.37. The zero-order chi connectivity index (χ0) is 35.9. The Bertz CT molecular complexity index is 2050. The minimum Gasteiger partial charge on any atom is -0.455 e. The number of furan rings is 1. The Hall–Kier alpha value is -3.39. The molecule has 0 amide bonds. The fourth-order valence-electron chi connectivity index (χ4n) is 5.85. The molecule has 2 aromatic heterocycles. The third kappa shape index (κ3) is 5.21. The van der Waals surface area contributed by atoms with Gasteiger partial charge in [-0.15, -0.1) is 0 Å². The molecule has 0 atom stereocenters. The van der Waals surface area contributed by atoms with E-state index in [1.54, 1.807) is 45.0 Å². The highest BCUT2D eigenvalue weighted by molar-refractivity contribution is 6.13. The molecule has 1 aliphatic rings. The van der Waals surface area contributed by atoms with Crippen LogP contribution in [-0.2, 0) is 6.37 Å². The van der Waals surface area contributed by atoms with Crippen molar-refractivity contribution < 1.29 is 16.8 Å². The molecule has 0 radical (unpaired) electrons. The molecule has 0 unspecified atom stereocenters. The maximum Gasteiger partial charge on any atom is 0.144 e. The van der Waals surface area contributed by atoms with Gasteiger partial charge in [0, 0.05) is 40.4 Å². The van der Waals surface area contributed by atoms with Crippen LogP contribution in [0.15, 0.2) is 71.3 Å². The molecule has 0 aliphatic heterocycles. The van der Waals surface area contributed by atoms with Gasteiger partial charge in [0.2, 0.25) is 0 Å². The van der Waals surface area contributed by atoms with Crippen LogP contribution < -0.4 is 0 Å². The topological polar surface area (TPSA) is 26.0 Å². The molecule has 0 N–H and O–H groups in total. The lowest BCUT2D eigenvalue weighted by Gasteiger charge is -2.34. The Morgan fingerprint density at radius 3 is 2.48 bits per heavy atom. The average molecular weight is 539 g/mol. The number of aromatic nitrogens is 1. The Labute approximate surface area is 252 Å². The van der Waals surface area contributed by atoms with Crippen molar-refractivity contribution in [3.8, 4) is 22.4 Å². The van der Waals surface area contributed by atoms with Crippen LogP contribution in [0.2, 0.25) is 0 Å². The van der Waals surface area contributed by atoms with E-state index >= 15 is 0 Å². The van der Waals surface area contributed by atoms with Crippen LogP contribution in [0.4, 0.5) is 0 Å². The predicted molar refractivity (Wildman–Crippen MR) is 170 cm³/mol. The molecular weight excluding hydrogens is 486 g/mol. The molecule has 6 rings (SSSR count). The van der Waals surface area contributed by atoms with Gasteiger partial charge in [0.25, 0.3) is 0 Å². The lowest BCUT2D eigenvalue weighted by molar-refractivity contribution is 0.224. The van der Waals surface area contributed by atoms with E-state index < -0.39 is 31.4 Å². The number of nitrogens with zero attached hydrogens (tertiary/aromatic N) is 1. The van der Waals surface area contributed by atoms with Gasteiger partial charge in [0.15, 0.2) is 0 Å². The first-order valence-electron chi connectivity index (χ1n) is 18.6. The van der Waals surface area contributed by atoms with Crippen LogP contribution in [0, 0.1) is 24.5 Å². The second-order valence-electron chi connectivity index (χ2n) is 13.0. The first kappa shape index (κ1) is 18.1. The van der Waals surface area contributed by atoms with Gasteiger partial charge in [-0.1, -0.05) is 71.0 Å². The Morgan fingerprint density at radius 2 is 1.73 bits per heavy atom. The van der Waals surface area contributed by atoms with Crippen LogP contribution in [0.3, 0.4) is 0 Å². The molecule has 1 aliphatic carbocycles. The van der Waals surface area contributed by atoms with E-state index in [-0.39, 0.29) is 22.1 Å². The van der Waals surface area contributed by atoms with E-state index in [9.17, 15) is 1.37 Å². The number of hydrogen-bond acceptors (Lipinski definition) is 2. The summed E-state index contributed by atoms with van der Waals surface area (Å²) < 4.78 is 83.2. The van der Waals surface area contributed by atoms with Gasteiger partial charge < -0.3 is 4.42 Å². The third-order valence-corrected chi connectivity index (χ3v) is 8.08. The number of para-hydroxylation sites is 1. The quantitative estimate of drug-likeness (QED) is 0.227. The van der Waals surface area contributed by atoms with Crippen LogP contribution in [0.25, 0.3) is 44.3 Å². The summed E-state index contributed by atoms with van der Waals surface area (Å²) in [4.78, 5) is 4.51. The predicted octanol–water partition coefficient (Wildman–Crippen LogP) is 11.2. The molecular formula is C38H43NO. The van der Waals surface area contributed by atoms with Gasteiger partial charge in [0.05, 0.1) is 5.69 Å². The molecule has 2 nitrogen and oxygen atoms in total. The van der Waals surface area contributed by atoms with Crippen molar-refractivity contribution in [3.05, 3.63) is 89.1 Å². The fraction of sp³-hybridized carbons (Fsp3) is 0.395. The number of fused-ring (bicyclic) bond motifs is 3. The molecule has 2 heteroatoms. The monoisotopic (exact) mass is 538 g/mol. The molecule has 2 heterocycles. The van der Waals surface area contributed by atoms with E-state index in [1.165, 1.54) is 12.3 Å². The Balaban J connectivity index is 1.58. The van der Waals surface area contributed by atoms with Gasteiger partial charge in [-0.25, -0.2) is 0 Å². The SMILES string of the molecule is [2H]C([2H])([2H])c1cc(-c2cccc(C3([2H])CCC(C)(C)CC3)c2)c2oc3c(-c4cc(C([2H])([2H])C(C)(C)C)c(C([2H])([2H])[2H])cn4)cccc3c2c1. The summed E-state index contributed by atoms with van der Waals surface area (Å²) >= 11 is 0. The fourth-order valence-corrected chi connectivity index (χ4v) is 5.85. The highest BCUT2D eigenvalue weighted by atomic mass is 16.3. The zero-order valence-corrected chi connectivity index (χ0v) is 24.0. The first-order chi connectivity index (χ1) is 22.5. The minimum absolute atomic E-state index is 0.0377. The van der Waals surface area contributed by atoms with Gasteiger partial charge >= 0.3 is 0 Å². The second kappa shape index (κ2) is 9.91. The van der Waals surface area contributed by atoms with E-state index in [4.69, 9.17) is 15.4 Å². The van der Waals surface area contributed by atoms with Gasteiger partial charge in [0.1, 0.15) is 11.2 Å². The summed E-state index contributed by atoms with van der Waals surface area (Å²) in [7, 11) is 0. The van der Waals surface area contributed by atoms with Crippen LogP contribution in [0.1, 0.15) is 101 Å². The van der Waals surface area contributed by atoms with Crippen LogP contribution in [-0.4, -0.2) is 4.98 Å². The molecule has 0 spiro atoms. The molecule has 0 saturated heterocycles. The lowest BCUT2D eigenvalue weighted by Crippen LogP contribution is -2.20. The average Bonchev–Trinajstić information content (AvgIpc) is 3.39. The summed E-state index contributed by atoms with van der Waals surface area (Å²) in [6.07, 6.45) is 2.61. The number of rotatable bonds is 4. The summed E-state index contributed by atoms with van der Waals surface area (Å²) in [6, 6.07) is 18.1. The van der Waals surface area contributed by atoms with E-state index in [2.05, 4.69) is 18.8 Å². The van der Waals surface area contributed by atoms with Crippen molar-refractivity contribution in [2.24, 2.45) is 10.8 Å². The molecule has 5 aromatic rings. The lowest BCUT2D eigenvalue weighted by atomic mass is 9.71. The second-order valence-corrected chi connectivity index (χ2v) is 13.0. The van der Waals surface area contributed by atoms with Crippen molar-refractivity contribution in [2.45, 2.75) is 86.3 Å². The normalized spacial score (nSPS) is 21.3. The van der Waals surface area contributed by atoms with Crippen molar-refractivity contribution in [3.63, 3.8) is 0 Å². The van der Waals surface area contributed by atoms with Crippen molar-refractivity contribution in [1.82, 2.24) is 4.98 Å². The number of benzene rings is 3. The van der Waals surface area contributed by atoms with Gasteiger partial charge in [-0.2, -0.15) is 0 Å². The van der Waals surface area contributed by atoms with Crippen molar-refractivity contribution >= 4 is 21.9 Å². The van der Waals surface area contributed by atoms with E-state index in [0.29, 0.717) is 38.8 Å². The smallest absolute Gasteiger partial charge is 0.144 e. The van der Waals surface area contributed by atoms with Crippen molar-refractivity contribution in [1.29, 1.82) is 0 Å². The van der Waals surface area contributed by atoms with E-state index in [0.717, 1.165) is 36.8 Å². The van der Waals surface area contributed by atoms with Gasteiger partial charge in [-0.05, 0) is 115 Å². The minimum atomic E-state index is -2.58. The third-order valence-electron chi connectivity index (χ3n) is 8.08. The molecule has 1 fully saturated rings. The molecule has 1 saturated carbocycles. The molecule has 0 bridgehead atoms. The van der Waals surface area contributed by atoms with Crippen molar-refractivity contribution in [2.75, 3.05) is 0 Å². The Kier molecular flexibility index (Phi) is 4.49. The number of pyridine rings is 1. The first-order valence-corrected chi connectivity index (χ1v) is 14.1. The summed E-state index contributed by atoms with van der Waals surface area (Å²) in [6.45, 7) is 4.70. The van der Waals surface area contributed by atoms with Crippen LogP contribution in [0.5, 0.6) is 0 Å². The number of aryl methyl sites for hydroxylation is 2. The van der Waals surface area contributed by atoms with Crippen LogP contribution >= 0.6 is 0 Å². The van der Waals surface area contributed by atoms with Gasteiger partial charge in [-0.3, -0.25) is 4.98 Å². The standard InChI is InChI=1S/C38H43NO/c1-24-18-32(28-11-8-10-27(20-28)26-14-16-38(6,7)17-15-26)36-33(19-24)30-12-9-13-31(35(30)40-36)34-21-29(22-37(3,4)5)25(2)23-39-34/h8-13,18-21,23,26H,14-17,22H2,1-7H3/i1D3,2D3,22D2,26D. The maximum atomic E-state index is 9.38. The summed E-state index contributed by atoms with van der Waals surface area (Å²) in [5, 5.41) is 1.26. The highest BCUT2D eigenvalue weighted by Crippen LogP contribution is 2.44. The largest absolute Gasteiger partial charge is 0.455 e.